The smallest absolute Gasteiger partial charge is 0.310 e. The van der Waals surface area contributed by atoms with E-state index in [2.05, 4.69) is 0 Å². The molecule has 111 valence electrons. The number of hydrogen-bond acceptors (Lipinski definition) is 3. The number of benzene rings is 1. The summed E-state index contributed by atoms with van der Waals surface area (Å²) in [6, 6.07) is 7.76. The van der Waals surface area contributed by atoms with Crippen molar-refractivity contribution in [2.45, 2.75) is 59.2 Å². The van der Waals surface area contributed by atoms with Crippen LogP contribution in [-0.4, -0.2) is 17.2 Å². The molecule has 0 amide bonds. The number of carbonyl (C=O) groups excluding carboxylic acids is 1. The topological polar surface area (TPSA) is 35.5 Å². The van der Waals surface area contributed by atoms with Crippen LogP contribution in [0.25, 0.3) is 0 Å². The number of ether oxygens (including phenoxy) is 2. The molecule has 0 aliphatic heterocycles. The van der Waals surface area contributed by atoms with Crippen LogP contribution in [0.3, 0.4) is 0 Å². The molecule has 0 spiro atoms. The molecule has 20 heavy (non-hydrogen) atoms. The highest BCUT2D eigenvalue weighted by atomic mass is 16.6. The standard InChI is InChI=1S/C17H25O3/c1-16(2,3)19-14-10-7-13(8-11-14)9-12-15(18)20-17(4,5)6/h7-8,10-12H,9H2,1-6H3. The van der Waals surface area contributed by atoms with Gasteiger partial charge in [-0.25, -0.2) is 0 Å². The maximum absolute atomic E-state index is 11.6. The zero-order valence-electron chi connectivity index (χ0n) is 13.3. The van der Waals surface area contributed by atoms with E-state index in [0.29, 0.717) is 6.42 Å². The van der Waals surface area contributed by atoms with Crippen molar-refractivity contribution in [2.24, 2.45) is 0 Å². The second kappa shape index (κ2) is 6.29. The Labute approximate surface area is 122 Å². The molecule has 1 rings (SSSR count). The molecule has 0 atom stereocenters. The molecule has 0 saturated heterocycles. The largest absolute Gasteiger partial charge is 0.488 e. The van der Waals surface area contributed by atoms with Gasteiger partial charge >= 0.3 is 5.97 Å². The lowest BCUT2D eigenvalue weighted by Crippen LogP contribution is -2.24. The number of hydrogen-bond donors (Lipinski definition) is 0. The van der Waals surface area contributed by atoms with E-state index < -0.39 is 5.60 Å². The molecule has 0 unspecified atom stereocenters. The van der Waals surface area contributed by atoms with Crippen molar-refractivity contribution in [3.8, 4) is 5.75 Å². The van der Waals surface area contributed by atoms with Gasteiger partial charge in [0.1, 0.15) is 17.0 Å². The van der Waals surface area contributed by atoms with Crippen molar-refractivity contribution in [3.63, 3.8) is 0 Å². The fourth-order valence-electron chi connectivity index (χ4n) is 1.59. The Morgan fingerprint density at radius 3 is 2.00 bits per heavy atom. The third kappa shape index (κ3) is 7.17. The van der Waals surface area contributed by atoms with E-state index in [4.69, 9.17) is 9.47 Å². The predicted octanol–water partition coefficient (Wildman–Crippen LogP) is 3.95. The van der Waals surface area contributed by atoms with E-state index in [1.165, 1.54) is 0 Å². The fourth-order valence-corrected chi connectivity index (χ4v) is 1.59. The Morgan fingerprint density at radius 1 is 1.00 bits per heavy atom. The molecule has 0 N–H and O–H groups in total. The van der Waals surface area contributed by atoms with Gasteiger partial charge in [-0.05, 0) is 65.7 Å². The summed E-state index contributed by atoms with van der Waals surface area (Å²) in [6.07, 6.45) is 2.12. The molecule has 0 fully saturated rings. The molecule has 0 saturated carbocycles. The molecule has 0 aromatic heterocycles. The molecular formula is C17H25O3. The first-order chi connectivity index (χ1) is 9.05. The molecule has 0 aliphatic rings. The molecule has 3 nitrogen and oxygen atoms in total. The van der Waals surface area contributed by atoms with Crippen molar-refractivity contribution in [1.82, 2.24) is 0 Å². The minimum Gasteiger partial charge on any atom is -0.488 e. The second-order valence-electron chi connectivity index (χ2n) is 6.80. The minimum absolute atomic E-state index is 0.204. The highest BCUT2D eigenvalue weighted by molar-refractivity contribution is 5.79. The van der Waals surface area contributed by atoms with Gasteiger partial charge in [-0.3, -0.25) is 4.79 Å². The summed E-state index contributed by atoms with van der Waals surface area (Å²) in [5.41, 5.74) is 0.402. The Balaban J connectivity index is 2.48. The average Bonchev–Trinajstić information content (AvgIpc) is 2.23. The van der Waals surface area contributed by atoms with Crippen LogP contribution in [-0.2, 0) is 16.0 Å². The second-order valence-corrected chi connectivity index (χ2v) is 6.80. The Morgan fingerprint density at radius 2 is 1.55 bits per heavy atom. The van der Waals surface area contributed by atoms with E-state index in [-0.39, 0.29) is 11.6 Å². The molecule has 1 aromatic carbocycles. The van der Waals surface area contributed by atoms with E-state index >= 15 is 0 Å². The molecule has 0 heterocycles. The van der Waals surface area contributed by atoms with Crippen LogP contribution in [0.5, 0.6) is 5.75 Å². The lowest BCUT2D eigenvalue weighted by atomic mass is 10.1. The molecule has 1 radical (unpaired) electrons. The van der Waals surface area contributed by atoms with Crippen molar-refractivity contribution >= 4 is 5.97 Å². The van der Waals surface area contributed by atoms with E-state index in [9.17, 15) is 4.79 Å². The van der Waals surface area contributed by atoms with Crippen LogP contribution in [0.2, 0.25) is 0 Å². The third-order valence-electron chi connectivity index (χ3n) is 2.26. The number of esters is 1. The van der Waals surface area contributed by atoms with E-state index in [1.807, 2.05) is 65.8 Å². The lowest BCUT2D eigenvalue weighted by molar-refractivity contribution is -0.150. The van der Waals surface area contributed by atoms with Crippen molar-refractivity contribution < 1.29 is 14.3 Å². The maximum Gasteiger partial charge on any atom is 0.310 e. The highest BCUT2D eigenvalue weighted by Crippen LogP contribution is 2.19. The summed E-state index contributed by atoms with van der Waals surface area (Å²) < 4.78 is 11.0. The van der Waals surface area contributed by atoms with Crippen LogP contribution in [0.15, 0.2) is 24.3 Å². The first-order valence-electron chi connectivity index (χ1n) is 6.89. The van der Waals surface area contributed by atoms with Gasteiger partial charge in [-0.1, -0.05) is 12.1 Å². The minimum atomic E-state index is -0.446. The first-order valence-corrected chi connectivity index (χ1v) is 6.89. The van der Waals surface area contributed by atoms with E-state index in [0.717, 1.165) is 11.3 Å². The van der Waals surface area contributed by atoms with Crippen LogP contribution in [0, 0.1) is 6.42 Å². The van der Waals surface area contributed by atoms with Crippen molar-refractivity contribution in [3.05, 3.63) is 36.2 Å². The Hall–Kier alpha value is -1.51. The molecule has 1 aromatic rings. The van der Waals surface area contributed by atoms with Crippen molar-refractivity contribution in [1.29, 1.82) is 0 Å². The van der Waals surface area contributed by atoms with Gasteiger partial charge in [-0.15, -0.1) is 0 Å². The number of carbonyl (C=O) groups is 1. The summed E-state index contributed by atoms with van der Waals surface area (Å²) in [7, 11) is 0. The SMILES string of the molecule is CC(C)(C)OC(=O)[CH]Cc1ccc(OC(C)(C)C)cc1. The first kappa shape index (κ1) is 16.5. The summed E-state index contributed by atoms with van der Waals surface area (Å²) in [5, 5.41) is 0. The monoisotopic (exact) mass is 277 g/mol. The van der Waals surface area contributed by atoms with Gasteiger partial charge in [-0.2, -0.15) is 0 Å². The Bertz CT molecular complexity index is 433. The fraction of sp³-hybridized carbons (Fsp3) is 0.529. The van der Waals surface area contributed by atoms with Crippen LogP contribution in [0.1, 0.15) is 47.1 Å². The third-order valence-corrected chi connectivity index (χ3v) is 2.26. The highest BCUT2D eigenvalue weighted by Gasteiger charge is 2.16. The molecule has 0 bridgehead atoms. The van der Waals surface area contributed by atoms with Crippen LogP contribution >= 0.6 is 0 Å². The van der Waals surface area contributed by atoms with Gasteiger partial charge in [0.25, 0.3) is 0 Å². The van der Waals surface area contributed by atoms with Gasteiger partial charge in [0.05, 0.1) is 6.42 Å². The van der Waals surface area contributed by atoms with Gasteiger partial charge in [0.2, 0.25) is 0 Å². The predicted molar refractivity (Wildman–Crippen MR) is 80.7 cm³/mol. The van der Waals surface area contributed by atoms with Gasteiger partial charge in [0, 0.05) is 0 Å². The van der Waals surface area contributed by atoms with Gasteiger partial charge in [0.15, 0.2) is 0 Å². The Kier molecular flexibility index (Phi) is 5.21. The van der Waals surface area contributed by atoms with E-state index in [1.54, 1.807) is 6.42 Å². The summed E-state index contributed by atoms with van der Waals surface area (Å²) in [4.78, 5) is 11.6. The quantitative estimate of drug-likeness (QED) is 0.782. The molecular weight excluding hydrogens is 252 g/mol. The summed E-state index contributed by atoms with van der Waals surface area (Å²) in [6.45, 7) is 11.6. The zero-order valence-corrected chi connectivity index (χ0v) is 13.3. The normalized spacial score (nSPS) is 12.1. The van der Waals surface area contributed by atoms with Gasteiger partial charge < -0.3 is 9.47 Å². The van der Waals surface area contributed by atoms with Crippen molar-refractivity contribution in [2.75, 3.05) is 0 Å². The summed E-state index contributed by atoms with van der Waals surface area (Å²) in [5.74, 6) is 0.547. The summed E-state index contributed by atoms with van der Waals surface area (Å²) >= 11 is 0. The maximum atomic E-state index is 11.6. The van der Waals surface area contributed by atoms with Crippen LogP contribution < -0.4 is 4.74 Å². The average molecular weight is 277 g/mol. The molecule has 3 heteroatoms. The van der Waals surface area contributed by atoms with Crippen LogP contribution in [0.4, 0.5) is 0 Å². The number of rotatable bonds is 4. The lowest BCUT2D eigenvalue weighted by Gasteiger charge is -2.21. The molecule has 0 aliphatic carbocycles. The zero-order chi connectivity index (χ0) is 15.4.